The number of benzene rings is 2. The van der Waals surface area contributed by atoms with Gasteiger partial charge in [-0.15, -0.1) is 0 Å². The first-order valence-corrected chi connectivity index (χ1v) is 9.88. The monoisotopic (exact) mass is 421 g/mol. The van der Waals surface area contributed by atoms with Crippen molar-refractivity contribution in [3.8, 4) is 17.3 Å². The molecule has 30 heavy (non-hydrogen) atoms. The van der Waals surface area contributed by atoms with E-state index < -0.39 is 0 Å². The molecule has 0 radical (unpaired) electrons. The van der Waals surface area contributed by atoms with Crippen LogP contribution in [0.5, 0.6) is 5.88 Å². The maximum atomic E-state index is 11.8. The zero-order chi connectivity index (χ0) is 21.1. The van der Waals surface area contributed by atoms with E-state index in [1.165, 1.54) is 0 Å². The number of aromatic amines is 1. The number of amides is 1. The van der Waals surface area contributed by atoms with Crippen LogP contribution in [0.15, 0.2) is 54.7 Å². The standard InChI is InChI=1S/C22H20ClN5O2/c1-2-24-18(29)11-13-7-9-14(10-8-13)26-21-19-17(12-25-22(19)30)27-20(28-21)15-5-3-4-6-16(15)23/h3-10,12,25,30H,2,11H2,1H3,(H,24,29)(H,26,27,28). The van der Waals surface area contributed by atoms with E-state index in [9.17, 15) is 9.90 Å². The third-order valence-electron chi connectivity index (χ3n) is 4.59. The summed E-state index contributed by atoms with van der Waals surface area (Å²) in [4.78, 5) is 23.7. The number of hydrogen-bond donors (Lipinski definition) is 4. The Morgan fingerprint density at radius 1 is 1.13 bits per heavy atom. The molecular formula is C22H20ClN5O2. The van der Waals surface area contributed by atoms with Crippen molar-refractivity contribution in [2.45, 2.75) is 13.3 Å². The molecule has 2 heterocycles. The lowest BCUT2D eigenvalue weighted by Crippen LogP contribution is -2.24. The number of likely N-dealkylation sites (N-methyl/N-ethyl adjacent to an activating group) is 1. The second kappa shape index (κ2) is 8.42. The van der Waals surface area contributed by atoms with Gasteiger partial charge in [0.15, 0.2) is 5.82 Å². The highest BCUT2D eigenvalue weighted by Gasteiger charge is 2.16. The Hall–Kier alpha value is -3.58. The fourth-order valence-corrected chi connectivity index (χ4v) is 3.39. The van der Waals surface area contributed by atoms with Gasteiger partial charge in [0.25, 0.3) is 0 Å². The van der Waals surface area contributed by atoms with Crippen LogP contribution in [0, 0.1) is 0 Å². The number of aromatic nitrogens is 3. The van der Waals surface area contributed by atoms with Crippen molar-refractivity contribution in [1.82, 2.24) is 20.3 Å². The van der Waals surface area contributed by atoms with E-state index >= 15 is 0 Å². The normalized spacial score (nSPS) is 10.9. The van der Waals surface area contributed by atoms with Crippen LogP contribution in [0.25, 0.3) is 22.3 Å². The van der Waals surface area contributed by atoms with E-state index in [0.29, 0.717) is 46.1 Å². The Bertz CT molecular complexity index is 1200. The summed E-state index contributed by atoms with van der Waals surface area (Å²) >= 11 is 6.32. The molecular weight excluding hydrogens is 402 g/mol. The van der Waals surface area contributed by atoms with Crippen LogP contribution in [-0.2, 0) is 11.2 Å². The van der Waals surface area contributed by atoms with Crippen LogP contribution in [0.1, 0.15) is 12.5 Å². The Labute approximate surface area is 178 Å². The van der Waals surface area contributed by atoms with Crippen LogP contribution >= 0.6 is 11.6 Å². The number of anilines is 2. The van der Waals surface area contributed by atoms with E-state index in [1.54, 1.807) is 12.3 Å². The first-order chi connectivity index (χ1) is 14.5. The first-order valence-electron chi connectivity index (χ1n) is 9.50. The molecule has 4 aromatic rings. The van der Waals surface area contributed by atoms with Crippen molar-refractivity contribution in [1.29, 1.82) is 0 Å². The highest BCUT2D eigenvalue weighted by atomic mass is 35.5. The Morgan fingerprint density at radius 3 is 2.63 bits per heavy atom. The average Bonchev–Trinajstić information content (AvgIpc) is 3.11. The van der Waals surface area contributed by atoms with Gasteiger partial charge in [0.2, 0.25) is 11.8 Å². The summed E-state index contributed by atoms with van der Waals surface area (Å²) in [5.41, 5.74) is 2.93. The molecule has 2 aromatic heterocycles. The van der Waals surface area contributed by atoms with Crippen molar-refractivity contribution < 1.29 is 9.90 Å². The average molecular weight is 422 g/mol. The van der Waals surface area contributed by atoms with Gasteiger partial charge in [-0.3, -0.25) is 4.79 Å². The van der Waals surface area contributed by atoms with Crippen LogP contribution < -0.4 is 10.6 Å². The second-order valence-corrected chi connectivity index (χ2v) is 7.13. The Morgan fingerprint density at radius 2 is 1.90 bits per heavy atom. The number of H-pyrrole nitrogens is 1. The smallest absolute Gasteiger partial charge is 0.224 e. The van der Waals surface area contributed by atoms with Crippen molar-refractivity contribution in [3.63, 3.8) is 0 Å². The summed E-state index contributed by atoms with van der Waals surface area (Å²) in [5, 5.41) is 17.3. The van der Waals surface area contributed by atoms with E-state index in [1.807, 2.05) is 49.4 Å². The fourth-order valence-electron chi connectivity index (χ4n) is 3.17. The molecule has 0 saturated carbocycles. The summed E-state index contributed by atoms with van der Waals surface area (Å²) in [6, 6.07) is 14.8. The zero-order valence-electron chi connectivity index (χ0n) is 16.2. The van der Waals surface area contributed by atoms with Crippen molar-refractivity contribution in [2.75, 3.05) is 11.9 Å². The molecule has 0 bridgehead atoms. The molecule has 8 heteroatoms. The van der Waals surface area contributed by atoms with Crippen LogP contribution in [0.2, 0.25) is 5.02 Å². The van der Waals surface area contributed by atoms with Gasteiger partial charge in [-0.1, -0.05) is 35.9 Å². The SMILES string of the molecule is CCNC(=O)Cc1ccc(Nc2nc(-c3ccccc3Cl)nc3c[nH]c(O)c23)cc1. The zero-order valence-corrected chi connectivity index (χ0v) is 17.0. The van der Waals surface area contributed by atoms with Crippen LogP contribution in [0.4, 0.5) is 11.5 Å². The van der Waals surface area contributed by atoms with Crippen molar-refractivity contribution in [3.05, 3.63) is 65.3 Å². The minimum Gasteiger partial charge on any atom is -0.494 e. The van der Waals surface area contributed by atoms with E-state index in [4.69, 9.17) is 11.6 Å². The lowest BCUT2D eigenvalue weighted by atomic mass is 10.1. The van der Waals surface area contributed by atoms with Crippen molar-refractivity contribution in [2.24, 2.45) is 0 Å². The third-order valence-corrected chi connectivity index (χ3v) is 4.92. The predicted molar refractivity (Wildman–Crippen MR) is 118 cm³/mol. The number of carbonyl (C=O) groups is 1. The van der Waals surface area contributed by atoms with Crippen LogP contribution in [0.3, 0.4) is 0 Å². The maximum Gasteiger partial charge on any atom is 0.224 e. The minimum absolute atomic E-state index is 0.0163. The first kappa shape index (κ1) is 19.7. The Kier molecular flexibility index (Phi) is 5.54. The number of aromatic hydroxyl groups is 1. The number of fused-ring (bicyclic) bond motifs is 1. The van der Waals surface area contributed by atoms with Gasteiger partial charge in [-0.2, -0.15) is 0 Å². The molecule has 0 atom stereocenters. The van der Waals surface area contributed by atoms with E-state index in [2.05, 4.69) is 25.6 Å². The molecule has 7 nitrogen and oxygen atoms in total. The summed E-state index contributed by atoms with van der Waals surface area (Å²) < 4.78 is 0. The topological polar surface area (TPSA) is 103 Å². The number of hydrogen-bond acceptors (Lipinski definition) is 5. The van der Waals surface area contributed by atoms with Gasteiger partial charge in [0.1, 0.15) is 11.2 Å². The van der Waals surface area contributed by atoms with Crippen molar-refractivity contribution >= 4 is 39.9 Å². The van der Waals surface area contributed by atoms with Gasteiger partial charge < -0.3 is 20.7 Å². The molecule has 0 saturated heterocycles. The lowest BCUT2D eigenvalue weighted by molar-refractivity contribution is -0.120. The third kappa shape index (κ3) is 4.06. The lowest BCUT2D eigenvalue weighted by Gasteiger charge is -2.11. The molecule has 0 unspecified atom stereocenters. The molecule has 0 aliphatic heterocycles. The summed E-state index contributed by atoms with van der Waals surface area (Å²) in [6.45, 7) is 2.50. The largest absolute Gasteiger partial charge is 0.494 e. The van der Waals surface area contributed by atoms with Gasteiger partial charge in [-0.05, 0) is 36.8 Å². The number of nitrogens with one attached hydrogen (secondary N) is 3. The molecule has 4 rings (SSSR count). The number of rotatable bonds is 6. The van der Waals surface area contributed by atoms with Gasteiger partial charge in [-0.25, -0.2) is 9.97 Å². The van der Waals surface area contributed by atoms with E-state index in [-0.39, 0.29) is 11.8 Å². The van der Waals surface area contributed by atoms with Gasteiger partial charge in [0, 0.05) is 24.0 Å². The molecule has 0 aliphatic rings. The van der Waals surface area contributed by atoms with E-state index in [0.717, 1.165) is 11.3 Å². The predicted octanol–water partition coefficient (Wildman–Crippen LogP) is 4.41. The minimum atomic E-state index is -0.0222. The molecule has 1 amide bonds. The molecule has 0 fully saturated rings. The Balaban J connectivity index is 1.67. The molecule has 4 N–H and O–H groups in total. The number of carbonyl (C=O) groups excluding carboxylic acids is 1. The molecule has 152 valence electrons. The summed E-state index contributed by atoms with van der Waals surface area (Å²) in [7, 11) is 0. The van der Waals surface area contributed by atoms with Gasteiger partial charge >= 0.3 is 0 Å². The van der Waals surface area contributed by atoms with Gasteiger partial charge in [0.05, 0.1) is 17.0 Å². The van der Waals surface area contributed by atoms with Crippen LogP contribution in [-0.4, -0.2) is 32.5 Å². The highest BCUT2D eigenvalue weighted by molar-refractivity contribution is 6.33. The summed E-state index contributed by atoms with van der Waals surface area (Å²) in [6.07, 6.45) is 1.94. The highest BCUT2D eigenvalue weighted by Crippen LogP contribution is 2.34. The molecule has 0 spiro atoms. The number of nitrogens with zero attached hydrogens (tertiary/aromatic N) is 2. The summed E-state index contributed by atoms with van der Waals surface area (Å²) in [5.74, 6) is 0.857. The quantitative estimate of drug-likeness (QED) is 0.369. The maximum absolute atomic E-state index is 11.8. The second-order valence-electron chi connectivity index (χ2n) is 6.73. The fraction of sp³-hybridized carbons (Fsp3) is 0.136. The molecule has 0 aliphatic carbocycles. The number of halogens is 1. The molecule has 2 aromatic carbocycles.